The van der Waals surface area contributed by atoms with Gasteiger partial charge >= 0.3 is 0 Å². The van der Waals surface area contributed by atoms with Gasteiger partial charge in [-0.15, -0.1) is 0 Å². The third-order valence-electron chi connectivity index (χ3n) is 2.41. The van der Waals surface area contributed by atoms with E-state index in [4.69, 9.17) is 0 Å². The number of hydrogen-bond donors (Lipinski definition) is 1. The number of ketones is 1. The summed E-state index contributed by atoms with van der Waals surface area (Å²) in [5.41, 5.74) is 0. The quantitative estimate of drug-likeness (QED) is 0.743. The number of Topliss-reactive ketones (excluding diaryl/α,β-unsaturated/α-hetero) is 1. The molecule has 0 aliphatic heterocycles. The average Bonchev–Trinajstić information content (AvgIpc) is 2.64. The second-order valence-corrected chi connectivity index (χ2v) is 3.52. The summed E-state index contributed by atoms with van der Waals surface area (Å²) in [6.45, 7) is 2.62. The molecule has 0 amide bonds. The Bertz CT molecular complexity index is 267. The Hall–Kier alpha value is -1.09. The lowest BCUT2D eigenvalue weighted by Gasteiger charge is -2.12. The predicted molar refractivity (Wildman–Crippen MR) is 57.2 cm³/mol. The van der Waals surface area contributed by atoms with Gasteiger partial charge in [-0.25, -0.2) is 0 Å². The maximum atomic E-state index is 11.1. The largest absolute Gasteiger partial charge is 0.354 e. The van der Waals surface area contributed by atoms with Crippen molar-refractivity contribution in [1.29, 1.82) is 0 Å². The van der Waals surface area contributed by atoms with Crippen molar-refractivity contribution in [1.82, 2.24) is 9.88 Å². The maximum absolute atomic E-state index is 11.1. The molecule has 0 radical (unpaired) electrons. The molecule has 0 spiro atoms. The van der Waals surface area contributed by atoms with Crippen LogP contribution in [-0.4, -0.2) is 23.4 Å². The van der Waals surface area contributed by atoms with Crippen LogP contribution in [-0.2, 0) is 11.3 Å². The van der Waals surface area contributed by atoms with E-state index in [0.717, 1.165) is 19.4 Å². The van der Waals surface area contributed by atoms with Crippen molar-refractivity contribution in [3.05, 3.63) is 24.5 Å². The summed E-state index contributed by atoms with van der Waals surface area (Å²) < 4.78 is 2.13. The SMILES string of the molecule is CNC(CCCn1cccc1)C(C)=O. The van der Waals surface area contributed by atoms with Crippen molar-refractivity contribution in [2.45, 2.75) is 32.4 Å². The van der Waals surface area contributed by atoms with Gasteiger partial charge in [0.1, 0.15) is 5.78 Å². The number of rotatable bonds is 6. The van der Waals surface area contributed by atoms with E-state index in [2.05, 4.69) is 9.88 Å². The molecule has 1 unspecified atom stereocenters. The third-order valence-corrected chi connectivity index (χ3v) is 2.41. The zero-order valence-electron chi connectivity index (χ0n) is 8.86. The van der Waals surface area contributed by atoms with Crippen molar-refractivity contribution in [3.8, 4) is 0 Å². The second-order valence-electron chi connectivity index (χ2n) is 3.52. The molecule has 3 nitrogen and oxygen atoms in total. The van der Waals surface area contributed by atoms with Crippen LogP contribution in [0.3, 0.4) is 0 Å². The number of likely N-dealkylation sites (N-methyl/N-ethyl adjacent to an activating group) is 1. The lowest BCUT2D eigenvalue weighted by atomic mass is 10.1. The van der Waals surface area contributed by atoms with Crippen LogP contribution >= 0.6 is 0 Å². The van der Waals surface area contributed by atoms with Gasteiger partial charge in [0.05, 0.1) is 6.04 Å². The van der Waals surface area contributed by atoms with Crippen LogP contribution in [0.4, 0.5) is 0 Å². The highest BCUT2D eigenvalue weighted by Gasteiger charge is 2.09. The van der Waals surface area contributed by atoms with E-state index in [1.54, 1.807) is 6.92 Å². The molecule has 0 aromatic carbocycles. The highest BCUT2D eigenvalue weighted by Crippen LogP contribution is 2.01. The molecule has 0 saturated carbocycles. The van der Waals surface area contributed by atoms with Crippen LogP contribution in [0.2, 0.25) is 0 Å². The van der Waals surface area contributed by atoms with E-state index in [-0.39, 0.29) is 11.8 Å². The van der Waals surface area contributed by atoms with Crippen LogP contribution in [0, 0.1) is 0 Å². The Kier molecular flexibility index (Phi) is 4.40. The number of carbonyl (C=O) groups excluding carboxylic acids is 1. The smallest absolute Gasteiger partial charge is 0.146 e. The summed E-state index contributed by atoms with van der Waals surface area (Å²) in [4.78, 5) is 11.1. The Labute approximate surface area is 85.1 Å². The fraction of sp³-hybridized carbons (Fsp3) is 0.545. The summed E-state index contributed by atoms with van der Waals surface area (Å²) >= 11 is 0. The van der Waals surface area contributed by atoms with Crippen molar-refractivity contribution in [2.75, 3.05) is 7.05 Å². The van der Waals surface area contributed by atoms with Crippen molar-refractivity contribution >= 4 is 5.78 Å². The minimum atomic E-state index is 0.0190. The van der Waals surface area contributed by atoms with Crippen molar-refractivity contribution in [3.63, 3.8) is 0 Å². The molecule has 1 N–H and O–H groups in total. The first-order valence-corrected chi connectivity index (χ1v) is 5.02. The third kappa shape index (κ3) is 3.34. The molecule has 1 rings (SSSR count). The van der Waals surface area contributed by atoms with E-state index in [0.29, 0.717) is 0 Å². The van der Waals surface area contributed by atoms with Crippen LogP contribution in [0.25, 0.3) is 0 Å². The molecule has 3 heteroatoms. The zero-order valence-corrected chi connectivity index (χ0v) is 8.86. The number of aryl methyl sites for hydroxylation is 1. The van der Waals surface area contributed by atoms with E-state index >= 15 is 0 Å². The molecule has 1 aromatic rings. The highest BCUT2D eigenvalue weighted by molar-refractivity contribution is 5.81. The Morgan fingerprint density at radius 1 is 1.43 bits per heavy atom. The van der Waals surface area contributed by atoms with Gasteiger partial charge in [0, 0.05) is 18.9 Å². The first-order chi connectivity index (χ1) is 6.74. The number of carbonyl (C=O) groups is 1. The second kappa shape index (κ2) is 5.60. The van der Waals surface area contributed by atoms with Gasteiger partial charge in [0.15, 0.2) is 0 Å². The lowest BCUT2D eigenvalue weighted by Crippen LogP contribution is -2.32. The first-order valence-electron chi connectivity index (χ1n) is 5.02. The Balaban J connectivity index is 2.23. The van der Waals surface area contributed by atoms with Crippen LogP contribution in [0.1, 0.15) is 19.8 Å². The van der Waals surface area contributed by atoms with E-state index < -0.39 is 0 Å². The average molecular weight is 194 g/mol. The fourth-order valence-corrected chi connectivity index (χ4v) is 1.55. The monoisotopic (exact) mass is 194 g/mol. The summed E-state index contributed by atoms with van der Waals surface area (Å²) in [7, 11) is 1.84. The van der Waals surface area contributed by atoms with E-state index in [9.17, 15) is 4.79 Å². The van der Waals surface area contributed by atoms with Gasteiger partial charge in [0.2, 0.25) is 0 Å². The standard InChI is InChI=1S/C11H18N2O/c1-10(14)11(12-2)6-5-9-13-7-3-4-8-13/h3-4,7-8,11-12H,5-6,9H2,1-2H3. The molecule has 0 fully saturated rings. The van der Waals surface area contributed by atoms with Crippen molar-refractivity contribution in [2.24, 2.45) is 0 Å². The van der Waals surface area contributed by atoms with Crippen LogP contribution in [0.15, 0.2) is 24.5 Å². The van der Waals surface area contributed by atoms with Gasteiger partial charge in [-0.05, 0) is 38.9 Å². The zero-order chi connectivity index (χ0) is 10.4. The first kappa shape index (κ1) is 11.0. The number of nitrogens with one attached hydrogen (secondary N) is 1. The minimum absolute atomic E-state index is 0.0190. The molecule has 0 aliphatic carbocycles. The molecular weight excluding hydrogens is 176 g/mol. The minimum Gasteiger partial charge on any atom is -0.354 e. The van der Waals surface area contributed by atoms with E-state index in [1.807, 2.05) is 31.6 Å². The molecule has 78 valence electrons. The molecule has 14 heavy (non-hydrogen) atoms. The van der Waals surface area contributed by atoms with Crippen LogP contribution < -0.4 is 5.32 Å². The van der Waals surface area contributed by atoms with Crippen molar-refractivity contribution < 1.29 is 4.79 Å². The molecule has 0 saturated heterocycles. The van der Waals surface area contributed by atoms with Gasteiger partial charge in [-0.3, -0.25) is 4.79 Å². The Morgan fingerprint density at radius 3 is 2.57 bits per heavy atom. The summed E-state index contributed by atoms with van der Waals surface area (Å²) in [6.07, 6.45) is 6.02. The van der Waals surface area contributed by atoms with Gasteiger partial charge < -0.3 is 9.88 Å². The Morgan fingerprint density at radius 2 is 2.07 bits per heavy atom. The topological polar surface area (TPSA) is 34.0 Å². The summed E-state index contributed by atoms with van der Waals surface area (Å²) in [5.74, 6) is 0.222. The summed E-state index contributed by atoms with van der Waals surface area (Å²) in [5, 5.41) is 3.02. The summed E-state index contributed by atoms with van der Waals surface area (Å²) in [6, 6.07) is 4.05. The number of nitrogens with zero attached hydrogens (tertiary/aromatic N) is 1. The van der Waals surface area contributed by atoms with Gasteiger partial charge in [-0.2, -0.15) is 0 Å². The van der Waals surface area contributed by atoms with Crippen LogP contribution in [0.5, 0.6) is 0 Å². The molecular formula is C11H18N2O. The van der Waals surface area contributed by atoms with Gasteiger partial charge in [0.25, 0.3) is 0 Å². The maximum Gasteiger partial charge on any atom is 0.146 e. The lowest BCUT2D eigenvalue weighted by molar-refractivity contribution is -0.119. The van der Waals surface area contributed by atoms with E-state index in [1.165, 1.54) is 0 Å². The number of hydrogen-bond acceptors (Lipinski definition) is 2. The number of aromatic nitrogens is 1. The highest BCUT2D eigenvalue weighted by atomic mass is 16.1. The van der Waals surface area contributed by atoms with Gasteiger partial charge in [-0.1, -0.05) is 0 Å². The molecule has 0 aliphatic rings. The normalized spacial score (nSPS) is 12.7. The molecule has 0 bridgehead atoms. The molecule has 1 aromatic heterocycles. The predicted octanol–water partition coefficient (Wildman–Crippen LogP) is 1.45. The molecule has 1 atom stereocenters. The fourth-order valence-electron chi connectivity index (χ4n) is 1.55. The molecule has 1 heterocycles.